The minimum absolute atomic E-state index is 1.21. The molecule has 0 unspecified atom stereocenters. The number of hydrogen-bond donors (Lipinski definition) is 0. The maximum atomic E-state index is 3.50. The zero-order chi connectivity index (χ0) is 11.6. The van der Waals surface area contributed by atoms with Crippen molar-refractivity contribution in [3.8, 4) is 0 Å². The van der Waals surface area contributed by atoms with E-state index in [1.807, 2.05) is 0 Å². The van der Waals surface area contributed by atoms with Crippen LogP contribution in [0.15, 0.2) is 15.2 Å². The van der Waals surface area contributed by atoms with Crippen LogP contribution in [-0.2, 0) is 6.42 Å². The topological polar surface area (TPSA) is 0 Å². The van der Waals surface area contributed by atoms with Gasteiger partial charge in [-0.2, -0.15) is 0 Å². The zero-order valence-electron chi connectivity index (χ0n) is 10.2. The van der Waals surface area contributed by atoms with Gasteiger partial charge in [-0.15, -0.1) is 11.3 Å². The second kappa shape index (κ2) is 9.23. The quantitative estimate of drug-likeness (QED) is 0.490. The molecule has 0 spiro atoms. The van der Waals surface area contributed by atoms with E-state index >= 15 is 0 Å². The summed E-state index contributed by atoms with van der Waals surface area (Å²) >= 11 is 5.28. The molecule has 1 heterocycles. The van der Waals surface area contributed by atoms with E-state index in [0.717, 1.165) is 0 Å². The molecule has 16 heavy (non-hydrogen) atoms. The molecule has 0 fully saturated rings. The van der Waals surface area contributed by atoms with Gasteiger partial charge in [0.2, 0.25) is 0 Å². The van der Waals surface area contributed by atoms with E-state index in [1.165, 1.54) is 60.7 Å². The Morgan fingerprint density at radius 3 is 2.69 bits per heavy atom. The fourth-order valence-electron chi connectivity index (χ4n) is 1.78. The third-order valence-corrected chi connectivity index (χ3v) is 4.32. The van der Waals surface area contributed by atoms with Gasteiger partial charge in [-0.25, -0.2) is 0 Å². The molecule has 0 saturated carbocycles. The Labute approximate surface area is 113 Å². The van der Waals surface area contributed by atoms with Crippen molar-refractivity contribution in [2.75, 3.05) is 0 Å². The molecule has 1 aromatic rings. The highest BCUT2D eigenvalue weighted by atomic mass is 79.9. The Balaban J connectivity index is 1.88. The maximum Gasteiger partial charge on any atom is 0.0701 e. The molecule has 1 radical (unpaired) electrons. The van der Waals surface area contributed by atoms with Gasteiger partial charge in [0, 0.05) is 0 Å². The standard InChI is InChI=1S/C14H22BrS/c1-2-3-4-5-6-7-8-9-10-13-11-14(15)16-12-13/h8,11-12H,2-7,9-10H2,1H3. The molecular weight excluding hydrogens is 280 g/mol. The SMILES string of the molecule is CCCCCCC[CH]CCc1csc(Br)c1. The average molecular weight is 302 g/mol. The zero-order valence-corrected chi connectivity index (χ0v) is 12.6. The summed E-state index contributed by atoms with van der Waals surface area (Å²) in [5.74, 6) is 0. The number of rotatable bonds is 9. The van der Waals surface area contributed by atoms with Gasteiger partial charge in [0.05, 0.1) is 3.79 Å². The van der Waals surface area contributed by atoms with Crippen molar-refractivity contribution in [3.05, 3.63) is 27.2 Å². The normalized spacial score (nSPS) is 10.9. The minimum atomic E-state index is 1.21. The molecular formula is C14H22BrS. The summed E-state index contributed by atoms with van der Waals surface area (Å²) in [5.41, 5.74) is 1.47. The van der Waals surface area contributed by atoms with Crippen LogP contribution in [0, 0.1) is 6.42 Å². The number of halogens is 1. The fraction of sp³-hybridized carbons (Fsp3) is 0.643. The summed E-state index contributed by atoms with van der Waals surface area (Å²) in [6, 6.07) is 2.24. The largest absolute Gasteiger partial charge is 0.137 e. The van der Waals surface area contributed by atoms with Gasteiger partial charge in [-0.3, -0.25) is 0 Å². The summed E-state index contributed by atoms with van der Waals surface area (Å²) in [6.07, 6.45) is 13.2. The van der Waals surface area contributed by atoms with Crippen LogP contribution in [0.3, 0.4) is 0 Å². The number of hydrogen-bond acceptors (Lipinski definition) is 1. The van der Waals surface area contributed by atoms with Crippen molar-refractivity contribution in [2.45, 2.75) is 58.3 Å². The molecule has 1 aromatic heterocycles. The average Bonchev–Trinajstić information content (AvgIpc) is 2.68. The van der Waals surface area contributed by atoms with Crippen LogP contribution in [0.4, 0.5) is 0 Å². The lowest BCUT2D eigenvalue weighted by Gasteiger charge is -2.00. The molecule has 0 bridgehead atoms. The highest BCUT2D eigenvalue weighted by Crippen LogP contribution is 2.22. The Morgan fingerprint density at radius 2 is 2.00 bits per heavy atom. The number of unbranched alkanes of at least 4 members (excludes halogenated alkanes) is 7. The molecule has 0 N–H and O–H groups in total. The van der Waals surface area contributed by atoms with E-state index in [4.69, 9.17) is 0 Å². The van der Waals surface area contributed by atoms with Crippen molar-refractivity contribution in [1.29, 1.82) is 0 Å². The molecule has 0 saturated heterocycles. The monoisotopic (exact) mass is 301 g/mol. The van der Waals surface area contributed by atoms with E-state index in [9.17, 15) is 0 Å². The third kappa shape index (κ3) is 6.70. The van der Waals surface area contributed by atoms with Crippen LogP contribution in [-0.4, -0.2) is 0 Å². The fourth-order valence-corrected chi connectivity index (χ4v) is 3.03. The van der Waals surface area contributed by atoms with Crippen LogP contribution in [0.2, 0.25) is 0 Å². The third-order valence-electron chi connectivity index (χ3n) is 2.77. The van der Waals surface area contributed by atoms with Gasteiger partial charge in [-0.05, 0) is 52.2 Å². The van der Waals surface area contributed by atoms with Gasteiger partial charge in [0.1, 0.15) is 0 Å². The first-order valence-electron chi connectivity index (χ1n) is 6.37. The predicted molar refractivity (Wildman–Crippen MR) is 78.0 cm³/mol. The first kappa shape index (κ1) is 14.2. The predicted octanol–water partition coefficient (Wildman–Crippen LogP) is 6.01. The number of aryl methyl sites for hydroxylation is 1. The van der Waals surface area contributed by atoms with Gasteiger partial charge in [-0.1, -0.05) is 45.4 Å². The Kier molecular flexibility index (Phi) is 8.22. The summed E-state index contributed by atoms with van der Waals surface area (Å²) in [5, 5.41) is 2.25. The van der Waals surface area contributed by atoms with E-state index in [1.54, 1.807) is 11.3 Å². The van der Waals surface area contributed by atoms with Crippen molar-refractivity contribution in [2.24, 2.45) is 0 Å². The van der Waals surface area contributed by atoms with Crippen LogP contribution in [0.25, 0.3) is 0 Å². The van der Waals surface area contributed by atoms with Gasteiger partial charge in [0.15, 0.2) is 0 Å². The second-order valence-corrected chi connectivity index (χ2v) is 6.58. The van der Waals surface area contributed by atoms with Gasteiger partial charge >= 0.3 is 0 Å². The summed E-state index contributed by atoms with van der Waals surface area (Å²) in [4.78, 5) is 0. The summed E-state index contributed by atoms with van der Waals surface area (Å²) in [7, 11) is 0. The van der Waals surface area contributed by atoms with Crippen LogP contribution in [0.5, 0.6) is 0 Å². The first-order chi connectivity index (χ1) is 7.83. The first-order valence-corrected chi connectivity index (χ1v) is 8.04. The lowest BCUT2D eigenvalue weighted by Crippen LogP contribution is -1.85. The molecule has 0 aliphatic heterocycles. The van der Waals surface area contributed by atoms with Gasteiger partial charge < -0.3 is 0 Å². The molecule has 1 rings (SSSR count). The highest BCUT2D eigenvalue weighted by molar-refractivity contribution is 9.11. The van der Waals surface area contributed by atoms with E-state index in [2.05, 4.69) is 40.7 Å². The van der Waals surface area contributed by atoms with Crippen LogP contribution >= 0.6 is 27.3 Å². The van der Waals surface area contributed by atoms with E-state index < -0.39 is 0 Å². The Bertz CT molecular complexity index is 267. The number of thiophene rings is 1. The van der Waals surface area contributed by atoms with Crippen molar-refractivity contribution in [1.82, 2.24) is 0 Å². The Hall–Kier alpha value is 0.180. The van der Waals surface area contributed by atoms with Crippen molar-refractivity contribution < 1.29 is 0 Å². The van der Waals surface area contributed by atoms with Crippen molar-refractivity contribution >= 4 is 27.3 Å². The molecule has 91 valence electrons. The smallest absolute Gasteiger partial charge is 0.0701 e. The summed E-state index contributed by atoms with van der Waals surface area (Å²) < 4.78 is 1.25. The molecule has 0 aliphatic carbocycles. The second-order valence-electron chi connectivity index (χ2n) is 4.29. The minimum Gasteiger partial charge on any atom is -0.137 e. The van der Waals surface area contributed by atoms with Crippen LogP contribution in [0.1, 0.15) is 57.4 Å². The molecule has 0 nitrogen and oxygen atoms in total. The molecule has 0 aliphatic rings. The molecule has 0 atom stereocenters. The highest BCUT2D eigenvalue weighted by Gasteiger charge is 1.97. The molecule has 0 amide bonds. The molecule has 0 aromatic carbocycles. The maximum absolute atomic E-state index is 3.50. The van der Waals surface area contributed by atoms with Gasteiger partial charge in [0.25, 0.3) is 0 Å². The Morgan fingerprint density at radius 1 is 1.19 bits per heavy atom. The van der Waals surface area contributed by atoms with Crippen LogP contribution < -0.4 is 0 Å². The lowest BCUT2D eigenvalue weighted by molar-refractivity contribution is 0.622. The lowest BCUT2D eigenvalue weighted by atomic mass is 10.1. The summed E-state index contributed by atoms with van der Waals surface area (Å²) in [6.45, 7) is 2.27. The van der Waals surface area contributed by atoms with E-state index in [0.29, 0.717) is 0 Å². The van der Waals surface area contributed by atoms with E-state index in [-0.39, 0.29) is 0 Å². The van der Waals surface area contributed by atoms with Crippen molar-refractivity contribution in [3.63, 3.8) is 0 Å². The molecule has 2 heteroatoms.